The molecule has 1 aromatic rings. The van der Waals surface area contributed by atoms with Gasteiger partial charge in [0.15, 0.2) is 0 Å². The van der Waals surface area contributed by atoms with E-state index in [0.29, 0.717) is 18.0 Å². The van der Waals surface area contributed by atoms with Crippen LogP contribution in [-0.4, -0.2) is 53.4 Å². The Balaban J connectivity index is 1.81. The lowest BCUT2D eigenvalue weighted by molar-refractivity contribution is -0.132. The molecule has 1 aliphatic heterocycles. The molecule has 2 heterocycles. The van der Waals surface area contributed by atoms with Crippen LogP contribution in [0.1, 0.15) is 19.5 Å². The third-order valence-corrected chi connectivity index (χ3v) is 3.53. The molecule has 110 valence electrons. The van der Waals surface area contributed by atoms with Crippen molar-refractivity contribution in [2.75, 3.05) is 38.5 Å². The average Bonchev–Trinajstić information content (AvgIpc) is 2.41. The molecular weight excluding hydrogens is 252 g/mol. The van der Waals surface area contributed by atoms with E-state index in [2.05, 4.69) is 23.7 Å². The molecule has 0 saturated carbocycles. The number of hydrogen-bond acceptors (Lipinski definition) is 4. The number of carbonyl (C=O) groups is 1. The first-order valence-electron chi connectivity index (χ1n) is 7.25. The van der Waals surface area contributed by atoms with Crippen LogP contribution in [0, 0.1) is 5.92 Å². The highest BCUT2D eigenvalue weighted by molar-refractivity contribution is 5.78. The van der Waals surface area contributed by atoms with E-state index in [1.54, 1.807) is 12.3 Å². The number of nitrogens with zero attached hydrogens (tertiary/aromatic N) is 3. The highest BCUT2D eigenvalue weighted by atomic mass is 16.2. The molecule has 0 radical (unpaired) electrons. The molecule has 0 atom stereocenters. The number of amides is 1. The van der Waals surface area contributed by atoms with Gasteiger partial charge >= 0.3 is 0 Å². The number of aromatic nitrogens is 1. The maximum absolute atomic E-state index is 12.2. The van der Waals surface area contributed by atoms with Gasteiger partial charge in [-0.3, -0.25) is 14.7 Å². The van der Waals surface area contributed by atoms with Crippen LogP contribution < -0.4 is 5.73 Å². The van der Waals surface area contributed by atoms with Crippen LogP contribution in [0.25, 0.3) is 0 Å². The van der Waals surface area contributed by atoms with E-state index in [-0.39, 0.29) is 5.91 Å². The van der Waals surface area contributed by atoms with Crippen molar-refractivity contribution < 1.29 is 4.79 Å². The molecule has 0 spiro atoms. The number of nitrogens with two attached hydrogens (primary N) is 1. The van der Waals surface area contributed by atoms with Crippen LogP contribution in [-0.2, 0) is 11.2 Å². The van der Waals surface area contributed by atoms with Gasteiger partial charge in [-0.2, -0.15) is 0 Å². The monoisotopic (exact) mass is 276 g/mol. The molecule has 0 aliphatic carbocycles. The normalized spacial score (nSPS) is 16.6. The average molecular weight is 276 g/mol. The van der Waals surface area contributed by atoms with E-state index in [1.807, 2.05) is 11.0 Å². The van der Waals surface area contributed by atoms with Crippen molar-refractivity contribution in [2.45, 2.75) is 20.3 Å². The van der Waals surface area contributed by atoms with E-state index in [1.165, 1.54) is 0 Å². The van der Waals surface area contributed by atoms with Crippen molar-refractivity contribution in [3.8, 4) is 0 Å². The summed E-state index contributed by atoms with van der Waals surface area (Å²) in [6.45, 7) is 9.15. The first-order chi connectivity index (χ1) is 9.54. The van der Waals surface area contributed by atoms with Gasteiger partial charge in [0, 0.05) is 38.4 Å². The Morgan fingerprint density at radius 1 is 1.30 bits per heavy atom. The first-order valence-corrected chi connectivity index (χ1v) is 7.25. The fraction of sp³-hybridized carbons (Fsp3) is 0.600. The van der Waals surface area contributed by atoms with E-state index in [4.69, 9.17) is 5.73 Å². The number of nitrogen functional groups attached to an aromatic ring is 1. The van der Waals surface area contributed by atoms with Gasteiger partial charge in [-0.05, 0) is 18.1 Å². The van der Waals surface area contributed by atoms with E-state index in [9.17, 15) is 4.79 Å². The summed E-state index contributed by atoms with van der Waals surface area (Å²) in [7, 11) is 0. The second-order valence-electron chi connectivity index (χ2n) is 5.83. The summed E-state index contributed by atoms with van der Waals surface area (Å²) in [5, 5.41) is 0. The summed E-state index contributed by atoms with van der Waals surface area (Å²) in [5.41, 5.74) is 7.01. The highest BCUT2D eigenvalue weighted by Gasteiger charge is 2.21. The largest absolute Gasteiger partial charge is 0.397 e. The SMILES string of the molecule is CC(C)CN1CCN(C(=O)Cc2ccc(N)cn2)CC1. The lowest BCUT2D eigenvalue weighted by Gasteiger charge is -2.35. The molecule has 5 heteroatoms. The maximum atomic E-state index is 12.2. The van der Waals surface area contributed by atoms with Crippen LogP contribution in [0.3, 0.4) is 0 Å². The molecule has 20 heavy (non-hydrogen) atoms. The Morgan fingerprint density at radius 3 is 2.55 bits per heavy atom. The topological polar surface area (TPSA) is 62.5 Å². The zero-order chi connectivity index (χ0) is 14.5. The smallest absolute Gasteiger partial charge is 0.228 e. The Morgan fingerprint density at radius 2 is 2.00 bits per heavy atom. The third kappa shape index (κ3) is 4.20. The van der Waals surface area contributed by atoms with Crippen LogP contribution in [0.2, 0.25) is 0 Å². The second kappa shape index (κ2) is 6.70. The fourth-order valence-electron chi connectivity index (χ4n) is 2.50. The van der Waals surface area contributed by atoms with Crippen LogP contribution >= 0.6 is 0 Å². The number of carbonyl (C=O) groups excluding carboxylic acids is 1. The molecule has 5 nitrogen and oxygen atoms in total. The van der Waals surface area contributed by atoms with Gasteiger partial charge in [0.2, 0.25) is 5.91 Å². The van der Waals surface area contributed by atoms with Gasteiger partial charge in [0.25, 0.3) is 0 Å². The summed E-state index contributed by atoms with van der Waals surface area (Å²) in [6, 6.07) is 3.61. The molecule has 1 saturated heterocycles. The van der Waals surface area contributed by atoms with Crippen molar-refractivity contribution in [2.24, 2.45) is 5.92 Å². The van der Waals surface area contributed by atoms with Crippen molar-refractivity contribution in [3.63, 3.8) is 0 Å². The molecule has 1 amide bonds. The van der Waals surface area contributed by atoms with Crippen molar-refractivity contribution >= 4 is 11.6 Å². The quantitative estimate of drug-likeness (QED) is 0.891. The van der Waals surface area contributed by atoms with E-state index < -0.39 is 0 Å². The van der Waals surface area contributed by atoms with Crippen LogP contribution in [0.5, 0.6) is 0 Å². The number of rotatable bonds is 4. The van der Waals surface area contributed by atoms with Gasteiger partial charge in [-0.1, -0.05) is 13.8 Å². The summed E-state index contributed by atoms with van der Waals surface area (Å²) >= 11 is 0. The highest BCUT2D eigenvalue weighted by Crippen LogP contribution is 2.08. The lowest BCUT2D eigenvalue weighted by atomic mass is 10.2. The Bertz CT molecular complexity index is 436. The summed E-state index contributed by atoms with van der Waals surface area (Å²) in [4.78, 5) is 20.8. The zero-order valence-corrected chi connectivity index (χ0v) is 12.4. The molecule has 0 bridgehead atoms. The molecular formula is C15H24N4O. The minimum absolute atomic E-state index is 0.159. The van der Waals surface area contributed by atoms with E-state index in [0.717, 1.165) is 38.4 Å². The molecule has 2 rings (SSSR count). The standard InChI is InChI=1S/C15H24N4O/c1-12(2)11-18-5-7-19(8-6-18)15(20)9-14-4-3-13(16)10-17-14/h3-4,10,12H,5-9,11,16H2,1-2H3. The van der Waals surface area contributed by atoms with Crippen LogP contribution in [0.15, 0.2) is 18.3 Å². The number of anilines is 1. The van der Waals surface area contributed by atoms with Crippen molar-refractivity contribution in [1.82, 2.24) is 14.8 Å². The predicted molar refractivity (Wildman–Crippen MR) is 80.2 cm³/mol. The van der Waals surface area contributed by atoms with Crippen molar-refractivity contribution in [1.29, 1.82) is 0 Å². The Labute approximate surface area is 120 Å². The van der Waals surface area contributed by atoms with Gasteiger partial charge in [-0.25, -0.2) is 0 Å². The molecule has 1 fully saturated rings. The third-order valence-electron chi connectivity index (χ3n) is 3.53. The maximum Gasteiger partial charge on any atom is 0.228 e. The first kappa shape index (κ1) is 14.8. The molecule has 0 unspecified atom stereocenters. The second-order valence-corrected chi connectivity index (χ2v) is 5.83. The Hall–Kier alpha value is -1.62. The molecule has 2 N–H and O–H groups in total. The summed E-state index contributed by atoms with van der Waals surface area (Å²) in [6.07, 6.45) is 1.97. The minimum Gasteiger partial charge on any atom is -0.397 e. The Kier molecular flexibility index (Phi) is 4.95. The van der Waals surface area contributed by atoms with Crippen molar-refractivity contribution in [3.05, 3.63) is 24.0 Å². The van der Waals surface area contributed by atoms with Crippen LogP contribution in [0.4, 0.5) is 5.69 Å². The molecule has 0 aromatic carbocycles. The number of pyridine rings is 1. The zero-order valence-electron chi connectivity index (χ0n) is 12.4. The fourth-order valence-corrected chi connectivity index (χ4v) is 2.50. The van der Waals surface area contributed by atoms with Gasteiger partial charge in [-0.15, -0.1) is 0 Å². The number of hydrogen-bond donors (Lipinski definition) is 1. The van der Waals surface area contributed by atoms with Gasteiger partial charge in [0.05, 0.1) is 18.3 Å². The van der Waals surface area contributed by atoms with Gasteiger partial charge < -0.3 is 10.6 Å². The predicted octanol–water partition coefficient (Wildman–Crippen LogP) is 1.01. The molecule has 1 aliphatic rings. The minimum atomic E-state index is 0.159. The van der Waals surface area contributed by atoms with Gasteiger partial charge in [0.1, 0.15) is 0 Å². The summed E-state index contributed by atoms with van der Waals surface area (Å²) < 4.78 is 0. The lowest BCUT2D eigenvalue weighted by Crippen LogP contribution is -2.49. The summed E-state index contributed by atoms with van der Waals surface area (Å²) in [5.74, 6) is 0.836. The number of piperazine rings is 1. The van der Waals surface area contributed by atoms with E-state index >= 15 is 0 Å². The molecule has 1 aromatic heterocycles.